The summed E-state index contributed by atoms with van der Waals surface area (Å²) in [5, 5.41) is 0. The maximum Gasteiger partial charge on any atom is 0.255 e. The zero-order valence-electron chi connectivity index (χ0n) is 11.4. The Balaban J connectivity index is 1.95. The van der Waals surface area contributed by atoms with Gasteiger partial charge in [-0.3, -0.25) is 4.79 Å². The molecule has 1 saturated heterocycles. The highest BCUT2D eigenvalue weighted by Crippen LogP contribution is 2.21. The van der Waals surface area contributed by atoms with Gasteiger partial charge < -0.3 is 9.64 Å². The number of carbonyl (C=O) groups excluding carboxylic acids is 1. The van der Waals surface area contributed by atoms with E-state index in [9.17, 15) is 4.79 Å². The molecule has 0 bridgehead atoms. The summed E-state index contributed by atoms with van der Waals surface area (Å²) in [7, 11) is 0. The molecule has 1 aromatic rings. The first-order valence-corrected chi connectivity index (χ1v) is 7.56. The highest BCUT2D eigenvalue weighted by Gasteiger charge is 2.25. The molecule has 19 heavy (non-hydrogen) atoms. The molecule has 0 aliphatic carbocycles. The Bertz CT molecular complexity index is 440. The molecule has 1 aliphatic heterocycles. The van der Waals surface area contributed by atoms with Crippen LogP contribution in [0.25, 0.3) is 0 Å². The van der Waals surface area contributed by atoms with E-state index in [2.05, 4.69) is 29.8 Å². The van der Waals surface area contributed by atoms with Crippen LogP contribution in [0.4, 0.5) is 0 Å². The third kappa shape index (κ3) is 3.80. The minimum absolute atomic E-state index is 0.107. The van der Waals surface area contributed by atoms with Crippen LogP contribution in [0.3, 0.4) is 0 Å². The molecule has 104 valence electrons. The first kappa shape index (κ1) is 14.5. The van der Waals surface area contributed by atoms with Gasteiger partial charge in [0.2, 0.25) is 0 Å². The highest BCUT2D eigenvalue weighted by molar-refractivity contribution is 9.10. The standard InChI is InChI=1S/C15H20BrNO2/c1-11(2)19-12-7-9-17(10-8-12)15(18)13-5-3-4-6-14(13)16/h3-6,11-12H,7-10H2,1-2H3. The van der Waals surface area contributed by atoms with Crippen LogP contribution in [0.2, 0.25) is 0 Å². The summed E-state index contributed by atoms with van der Waals surface area (Å²) in [5.74, 6) is 0.107. The second-order valence-electron chi connectivity index (χ2n) is 5.16. The maximum atomic E-state index is 12.4. The Kier molecular flexibility index (Phi) is 4.99. The topological polar surface area (TPSA) is 29.5 Å². The molecule has 1 aliphatic rings. The number of carbonyl (C=O) groups is 1. The zero-order chi connectivity index (χ0) is 13.8. The van der Waals surface area contributed by atoms with Gasteiger partial charge in [-0.15, -0.1) is 0 Å². The van der Waals surface area contributed by atoms with Crippen molar-refractivity contribution in [1.82, 2.24) is 4.90 Å². The number of nitrogens with zero attached hydrogens (tertiary/aromatic N) is 1. The summed E-state index contributed by atoms with van der Waals surface area (Å²) in [5.41, 5.74) is 0.741. The summed E-state index contributed by atoms with van der Waals surface area (Å²) < 4.78 is 6.66. The Morgan fingerprint density at radius 3 is 2.53 bits per heavy atom. The molecule has 1 aromatic carbocycles. The maximum absolute atomic E-state index is 12.4. The van der Waals surface area contributed by atoms with Crippen molar-refractivity contribution in [2.45, 2.75) is 38.9 Å². The van der Waals surface area contributed by atoms with Gasteiger partial charge in [0.05, 0.1) is 17.8 Å². The number of halogens is 1. The molecule has 0 spiro atoms. The van der Waals surface area contributed by atoms with Crippen LogP contribution in [0, 0.1) is 0 Å². The molecule has 1 fully saturated rings. The second-order valence-corrected chi connectivity index (χ2v) is 6.01. The molecule has 0 saturated carbocycles. The summed E-state index contributed by atoms with van der Waals surface area (Å²) in [6, 6.07) is 7.58. The van der Waals surface area contributed by atoms with Crippen LogP contribution in [0.5, 0.6) is 0 Å². The minimum Gasteiger partial charge on any atom is -0.375 e. The molecule has 0 radical (unpaired) electrons. The van der Waals surface area contributed by atoms with Gasteiger partial charge in [-0.1, -0.05) is 12.1 Å². The molecule has 3 nitrogen and oxygen atoms in total. The molecule has 0 N–H and O–H groups in total. The lowest BCUT2D eigenvalue weighted by molar-refractivity contribution is -0.0236. The van der Waals surface area contributed by atoms with Crippen LogP contribution in [-0.2, 0) is 4.74 Å². The first-order valence-electron chi connectivity index (χ1n) is 6.77. The highest BCUT2D eigenvalue weighted by atomic mass is 79.9. The van der Waals surface area contributed by atoms with E-state index in [0.29, 0.717) is 6.10 Å². The fraction of sp³-hybridized carbons (Fsp3) is 0.533. The zero-order valence-corrected chi connectivity index (χ0v) is 13.0. The lowest BCUT2D eigenvalue weighted by Gasteiger charge is -2.33. The van der Waals surface area contributed by atoms with E-state index in [1.54, 1.807) is 0 Å². The van der Waals surface area contributed by atoms with Crippen molar-refractivity contribution in [3.63, 3.8) is 0 Å². The van der Waals surface area contributed by atoms with Crippen molar-refractivity contribution < 1.29 is 9.53 Å². The molecule has 2 rings (SSSR count). The van der Waals surface area contributed by atoms with Crippen LogP contribution >= 0.6 is 15.9 Å². The van der Waals surface area contributed by atoms with Crippen molar-refractivity contribution >= 4 is 21.8 Å². The van der Waals surface area contributed by atoms with E-state index in [1.807, 2.05) is 29.2 Å². The van der Waals surface area contributed by atoms with Crippen molar-refractivity contribution in [2.24, 2.45) is 0 Å². The number of hydrogen-bond acceptors (Lipinski definition) is 2. The van der Waals surface area contributed by atoms with Gasteiger partial charge in [-0.25, -0.2) is 0 Å². The first-order chi connectivity index (χ1) is 9.08. The predicted octanol–water partition coefficient (Wildman–Crippen LogP) is 3.48. The lowest BCUT2D eigenvalue weighted by atomic mass is 10.1. The van der Waals surface area contributed by atoms with Gasteiger partial charge in [0.15, 0.2) is 0 Å². The molecular formula is C15H20BrNO2. The van der Waals surface area contributed by atoms with Gasteiger partial charge in [-0.2, -0.15) is 0 Å². The summed E-state index contributed by atoms with van der Waals surface area (Å²) >= 11 is 3.44. The van der Waals surface area contributed by atoms with E-state index in [0.717, 1.165) is 36.0 Å². The summed E-state index contributed by atoms with van der Waals surface area (Å²) in [6.07, 6.45) is 2.40. The molecule has 0 aromatic heterocycles. The number of piperidine rings is 1. The normalized spacial score (nSPS) is 16.9. The van der Waals surface area contributed by atoms with E-state index in [4.69, 9.17) is 4.74 Å². The van der Waals surface area contributed by atoms with Crippen LogP contribution in [0.15, 0.2) is 28.7 Å². The van der Waals surface area contributed by atoms with Crippen LogP contribution in [-0.4, -0.2) is 36.1 Å². The van der Waals surface area contributed by atoms with E-state index < -0.39 is 0 Å². The van der Waals surface area contributed by atoms with Gasteiger partial charge >= 0.3 is 0 Å². The van der Waals surface area contributed by atoms with Gasteiger partial charge in [0, 0.05) is 17.6 Å². The molecule has 0 atom stereocenters. The largest absolute Gasteiger partial charge is 0.375 e. The number of likely N-dealkylation sites (tertiary alicyclic amines) is 1. The Morgan fingerprint density at radius 2 is 1.95 bits per heavy atom. The predicted molar refractivity (Wildman–Crippen MR) is 79.3 cm³/mol. The third-order valence-corrected chi connectivity index (χ3v) is 3.99. The molecule has 4 heteroatoms. The Hall–Kier alpha value is -0.870. The second kappa shape index (κ2) is 6.53. The number of amides is 1. The summed E-state index contributed by atoms with van der Waals surface area (Å²) in [4.78, 5) is 14.3. The molecule has 1 amide bonds. The fourth-order valence-electron chi connectivity index (χ4n) is 2.38. The number of hydrogen-bond donors (Lipinski definition) is 0. The molecular weight excluding hydrogens is 306 g/mol. The van der Waals surface area contributed by atoms with Gasteiger partial charge in [0.1, 0.15) is 0 Å². The SMILES string of the molecule is CC(C)OC1CCN(C(=O)c2ccccc2Br)CC1. The van der Waals surface area contributed by atoms with Crippen molar-refractivity contribution in [3.8, 4) is 0 Å². The van der Waals surface area contributed by atoms with E-state index in [-0.39, 0.29) is 12.0 Å². The number of ether oxygens (including phenoxy) is 1. The minimum atomic E-state index is 0.107. The monoisotopic (exact) mass is 325 g/mol. The van der Waals surface area contributed by atoms with E-state index >= 15 is 0 Å². The van der Waals surface area contributed by atoms with Crippen molar-refractivity contribution in [1.29, 1.82) is 0 Å². The Morgan fingerprint density at radius 1 is 1.32 bits per heavy atom. The molecule has 1 heterocycles. The van der Waals surface area contributed by atoms with Crippen molar-refractivity contribution in [3.05, 3.63) is 34.3 Å². The van der Waals surface area contributed by atoms with Crippen molar-refractivity contribution in [2.75, 3.05) is 13.1 Å². The smallest absolute Gasteiger partial charge is 0.255 e. The lowest BCUT2D eigenvalue weighted by Crippen LogP contribution is -2.41. The van der Waals surface area contributed by atoms with E-state index in [1.165, 1.54) is 0 Å². The van der Waals surface area contributed by atoms with Crippen LogP contribution in [0.1, 0.15) is 37.0 Å². The van der Waals surface area contributed by atoms with Gasteiger partial charge in [-0.05, 0) is 54.8 Å². The average molecular weight is 326 g/mol. The number of benzene rings is 1. The number of rotatable bonds is 3. The van der Waals surface area contributed by atoms with Gasteiger partial charge in [0.25, 0.3) is 5.91 Å². The quantitative estimate of drug-likeness (QED) is 0.851. The summed E-state index contributed by atoms with van der Waals surface area (Å²) in [6.45, 7) is 5.66. The fourth-order valence-corrected chi connectivity index (χ4v) is 2.84. The molecule has 0 unspecified atom stereocenters. The van der Waals surface area contributed by atoms with Crippen LogP contribution < -0.4 is 0 Å². The Labute approximate surface area is 123 Å². The third-order valence-electron chi connectivity index (χ3n) is 3.30. The average Bonchev–Trinajstić information content (AvgIpc) is 2.39.